The molecule has 21 heavy (non-hydrogen) atoms. The average Bonchev–Trinajstić information content (AvgIpc) is 3.16. The first-order valence-corrected chi connectivity index (χ1v) is 7.16. The lowest BCUT2D eigenvalue weighted by Gasteiger charge is -2.27. The Bertz CT molecular complexity index is 518. The van der Waals surface area contributed by atoms with Gasteiger partial charge in [-0.2, -0.15) is 0 Å². The van der Waals surface area contributed by atoms with E-state index in [1.165, 1.54) is 0 Å². The average molecular weight is 292 g/mol. The van der Waals surface area contributed by atoms with Gasteiger partial charge in [0, 0.05) is 0 Å². The Labute approximate surface area is 125 Å². The molecule has 1 atom stereocenters. The van der Waals surface area contributed by atoms with Gasteiger partial charge in [-0.25, -0.2) is 4.79 Å². The SMILES string of the molecule is COc1cccc(C(N)C2(NC(=O)OC(C)(C)C)CC2)c1. The molecule has 0 aliphatic heterocycles. The van der Waals surface area contributed by atoms with Gasteiger partial charge >= 0.3 is 6.09 Å². The standard InChI is InChI=1S/C16H24N2O3/c1-15(2,3)21-14(19)18-16(8-9-16)13(17)11-6-5-7-12(10-11)20-4/h5-7,10,13H,8-9,17H2,1-4H3,(H,18,19). The van der Waals surface area contributed by atoms with E-state index in [2.05, 4.69) is 5.32 Å². The molecular formula is C16H24N2O3. The van der Waals surface area contributed by atoms with Crippen molar-refractivity contribution in [3.8, 4) is 5.75 Å². The third-order valence-corrected chi connectivity index (χ3v) is 3.59. The molecule has 3 N–H and O–H groups in total. The van der Waals surface area contributed by atoms with Crippen LogP contribution in [0.2, 0.25) is 0 Å². The van der Waals surface area contributed by atoms with Gasteiger partial charge in [0.05, 0.1) is 18.7 Å². The van der Waals surface area contributed by atoms with Gasteiger partial charge in [0.15, 0.2) is 0 Å². The highest BCUT2D eigenvalue weighted by atomic mass is 16.6. The van der Waals surface area contributed by atoms with Crippen LogP contribution in [-0.4, -0.2) is 24.3 Å². The van der Waals surface area contributed by atoms with E-state index in [9.17, 15) is 4.79 Å². The van der Waals surface area contributed by atoms with Gasteiger partial charge in [0.2, 0.25) is 0 Å². The summed E-state index contributed by atoms with van der Waals surface area (Å²) in [6, 6.07) is 7.35. The van der Waals surface area contributed by atoms with Gasteiger partial charge < -0.3 is 20.5 Å². The van der Waals surface area contributed by atoms with Crippen molar-refractivity contribution >= 4 is 6.09 Å². The number of alkyl carbamates (subject to hydrolysis) is 1. The van der Waals surface area contributed by atoms with Crippen molar-refractivity contribution < 1.29 is 14.3 Å². The third kappa shape index (κ3) is 3.88. The fraction of sp³-hybridized carbons (Fsp3) is 0.562. The second-order valence-corrected chi connectivity index (χ2v) is 6.54. The Kier molecular flexibility index (Phi) is 4.14. The Morgan fingerprint density at radius 1 is 1.38 bits per heavy atom. The number of ether oxygens (including phenoxy) is 2. The van der Waals surface area contributed by atoms with Gasteiger partial charge in [-0.1, -0.05) is 12.1 Å². The first kappa shape index (κ1) is 15.6. The smallest absolute Gasteiger partial charge is 0.408 e. The predicted octanol–water partition coefficient (Wildman–Crippen LogP) is 2.75. The van der Waals surface area contributed by atoms with Crippen molar-refractivity contribution in [2.45, 2.75) is 50.8 Å². The van der Waals surface area contributed by atoms with Crippen LogP contribution in [0, 0.1) is 0 Å². The second-order valence-electron chi connectivity index (χ2n) is 6.54. The van der Waals surface area contributed by atoms with Crippen LogP contribution in [0.15, 0.2) is 24.3 Å². The molecule has 1 aromatic rings. The van der Waals surface area contributed by atoms with E-state index in [0.717, 1.165) is 24.2 Å². The van der Waals surface area contributed by atoms with Crippen molar-refractivity contribution in [2.24, 2.45) is 5.73 Å². The molecule has 2 rings (SSSR count). The molecule has 1 aliphatic rings. The molecule has 1 saturated carbocycles. The summed E-state index contributed by atoms with van der Waals surface area (Å²) in [5.74, 6) is 0.760. The van der Waals surface area contributed by atoms with Crippen molar-refractivity contribution in [1.82, 2.24) is 5.32 Å². The molecule has 0 radical (unpaired) electrons. The maximum atomic E-state index is 12.0. The number of carbonyl (C=O) groups is 1. The fourth-order valence-electron chi connectivity index (χ4n) is 2.31. The summed E-state index contributed by atoms with van der Waals surface area (Å²) in [4.78, 5) is 12.0. The summed E-state index contributed by atoms with van der Waals surface area (Å²) in [5, 5.41) is 2.93. The van der Waals surface area contributed by atoms with E-state index in [1.54, 1.807) is 7.11 Å². The number of benzene rings is 1. The molecular weight excluding hydrogens is 268 g/mol. The van der Waals surface area contributed by atoms with E-state index >= 15 is 0 Å². The van der Waals surface area contributed by atoms with Crippen LogP contribution in [0.3, 0.4) is 0 Å². The van der Waals surface area contributed by atoms with Crippen molar-refractivity contribution in [2.75, 3.05) is 7.11 Å². The monoisotopic (exact) mass is 292 g/mol. The largest absolute Gasteiger partial charge is 0.497 e. The zero-order valence-electron chi connectivity index (χ0n) is 13.1. The highest BCUT2D eigenvalue weighted by Crippen LogP contribution is 2.45. The highest BCUT2D eigenvalue weighted by molar-refractivity contribution is 5.69. The Hall–Kier alpha value is -1.75. The van der Waals surface area contributed by atoms with E-state index in [1.807, 2.05) is 45.0 Å². The lowest BCUT2D eigenvalue weighted by Crippen LogP contribution is -2.46. The predicted molar refractivity (Wildman–Crippen MR) is 81.3 cm³/mol. The fourth-order valence-corrected chi connectivity index (χ4v) is 2.31. The van der Waals surface area contributed by atoms with Gasteiger partial charge in [-0.05, 0) is 51.3 Å². The van der Waals surface area contributed by atoms with Crippen LogP contribution in [-0.2, 0) is 4.74 Å². The number of rotatable bonds is 4. The van der Waals surface area contributed by atoms with Crippen LogP contribution in [0.5, 0.6) is 5.75 Å². The molecule has 1 aromatic carbocycles. The van der Waals surface area contributed by atoms with Crippen LogP contribution >= 0.6 is 0 Å². The second kappa shape index (κ2) is 5.56. The van der Waals surface area contributed by atoms with Crippen molar-refractivity contribution in [3.05, 3.63) is 29.8 Å². The molecule has 0 spiro atoms. The summed E-state index contributed by atoms with van der Waals surface area (Å²) in [6.07, 6.45) is 1.29. The zero-order valence-corrected chi connectivity index (χ0v) is 13.1. The first-order chi connectivity index (χ1) is 9.76. The van der Waals surface area contributed by atoms with E-state index in [-0.39, 0.29) is 6.04 Å². The first-order valence-electron chi connectivity index (χ1n) is 7.16. The van der Waals surface area contributed by atoms with Gasteiger partial charge in [0.25, 0.3) is 0 Å². The Morgan fingerprint density at radius 3 is 2.57 bits per heavy atom. The maximum absolute atomic E-state index is 12.0. The van der Waals surface area contributed by atoms with Crippen LogP contribution in [0.1, 0.15) is 45.2 Å². The van der Waals surface area contributed by atoms with E-state index in [4.69, 9.17) is 15.2 Å². The molecule has 1 aliphatic carbocycles. The minimum atomic E-state index is -0.514. The van der Waals surface area contributed by atoms with Gasteiger partial charge in [0.1, 0.15) is 11.4 Å². The number of amides is 1. The molecule has 5 nitrogen and oxygen atoms in total. The Morgan fingerprint density at radius 2 is 2.05 bits per heavy atom. The minimum absolute atomic E-state index is 0.278. The van der Waals surface area contributed by atoms with Crippen LogP contribution < -0.4 is 15.8 Å². The maximum Gasteiger partial charge on any atom is 0.408 e. The third-order valence-electron chi connectivity index (χ3n) is 3.59. The van der Waals surface area contributed by atoms with Gasteiger partial charge in [-0.3, -0.25) is 0 Å². The summed E-state index contributed by atoms with van der Waals surface area (Å²) in [7, 11) is 1.62. The number of carbonyl (C=O) groups excluding carboxylic acids is 1. The molecule has 116 valence electrons. The summed E-state index contributed by atoms with van der Waals surface area (Å²) < 4.78 is 10.5. The molecule has 1 amide bonds. The summed E-state index contributed by atoms with van der Waals surface area (Å²) in [6.45, 7) is 5.52. The van der Waals surface area contributed by atoms with Crippen LogP contribution in [0.4, 0.5) is 4.79 Å². The molecule has 1 fully saturated rings. The quantitative estimate of drug-likeness (QED) is 0.895. The van der Waals surface area contributed by atoms with E-state index < -0.39 is 17.2 Å². The summed E-state index contributed by atoms with van der Waals surface area (Å²) >= 11 is 0. The van der Waals surface area contributed by atoms with Crippen LogP contribution in [0.25, 0.3) is 0 Å². The molecule has 0 aromatic heterocycles. The molecule has 5 heteroatoms. The number of methoxy groups -OCH3 is 1. The molecule has 0 saturated heterocycles. The minimum Gasteiger partial charge on any atom is -0.497 e. The number of nitrogens with two attached hydrogens (primary N) is 1. The number of hydrogen-bond donors (Lipinski definition) is 2. The topological polar surface area (TPSA) is 73.6 Å². The lowest BCUT2D eigenvalue weighted by molar-refractivity contribution is 0.0487. The zero-order chi connectivity index (χ0) is 15.7. The Balaban J connectivity index is 2.07. The molecule has 0 heterocycles. The van der Waals surface area contributed by atoms with Crippen molar-refractivity contribution in [3.63, 3.8) is 0 Å². The lowest BCUT2D eigenvalue weighted by atomic mass is 9.98. The normalized spacial score (nSPS) is 17.8. The summed E-state index contributed by atoms with van der Waals surface area (Å²) in [5.41, 5.74) is 6.37. The van der Waals surface area contributed by atoms with E-state index in [0.29, 0.717) is 0 Å². The van der Waals surface area contributed by atoms with Crippen molar-refractivity contribution in [1.29, 1.82) is 0 Å². The van der Waals surface area contributed by atoms with Gasteiger partial charge in [-0.15, -0.1) is 0 Å². The number of hydrogen-bond acceptors (Lipinski definition) is 4. The molecule has 0 bridgehead atoms. The number of nitrogens with one attached hydrogen (secondary N) is 1. The molecule has 1 unspecified atom stereocenters. The highest BCUT2D eigenvalue weighted by Gasteiger charge is 2.50.